The van der Waals surface area contributed by atoms with Gasteiger partial charge in [0, 0.05) is 17.8 Å². The van der Waals surface area contributed by atoms with Crippen molar-refractivity contribution in [3.05, 3.63) is 24.3 Å². The van der Waals surface area contributed by atoms with Crippen LogP contribution in [0.5, 0.6) is 0 Å². The Labute approximate surface area is 112 Å². The number of unbranched alkanes of at least 4 members (excludes halogenated alkanes) is 4. The van der Waals surface area contributed by atoms with Crippen molar-refractivity contribution in [1.29, 1.82) is 0 Å². The van der Waals surface area contributed by atoms with Crippen LogP contribution in [-0.4, -0.2) is 9.97 Å². The fourth-order valence-corrected chi connectivity index (χ4v) is 2.49. The first-order chi connectivity index (χ1) is 8.73. The quantitative estimate of drug-likeness (QED) is 0.581. The Morgan fingerprint density at radius 2 is 1.39 bits per heavy atom. The molecular weight excluding hydrogens is 220 g/mol. The summed E-state index contributed by atoms with van der Waals surface area (Å²) in [6.07, 6.45) is 14.0. The van der Waals surface area contributed by atoms with Crippen LogP contribution in [0.2, 0.25) is 0 Å². The second-order valence-electron chi connectivity index (χ2n) is 5.55. The minimum atomic E-state index is 0.172. The molecule has 2 heteroatoms. The van der Waals surface area contributed by atoms with Crippen molar-refractivity contribution in [3.63, 3.8) is 0 Å². The van der Waals surface area contributed by atoms with Crippen LogP contribution in [0.3, 0.4) is 0 Å². The first kappa shape index (κ1) is 15.1. The molecule has 0 amide bonds. The van der Waals surface area contributed by atoms with Gasteiger partial charge in [0.05, 0.1) is 0 Å². The zero-order valence-electron chi connectivity index (χ0n) is 12.3. The molecule has 1 aromatic heterocycles. The van der Waals surface area contributed by atoms with E-state index in [1.807, 2.05) is 18.5 Å². The van der Waals surface area contributed by atoms with Gasteiger partial charge in [-0.15, -0.1) is 0 Å². The smallest absolute Gasteiger partial charge is 0.134 e. The highest BCUT2D eigenvalue weighted by atomic mass is 14.9. The molecule has 0 saturated heterocycles. The molecule has 1 aromatic rings. The number of aromatic nitrogens is 2. The van der Waals surface area contributed by atoms with Gasteiger partial charge in [0.25, 0.3) is 0 Å². The maximum Gasteiger partial charge on any atom is 0.134 e. The lowest BCUT2D eigenvalue weighted by molar-refractivity contribution is 0.348. The van der Waals surface area contributed by atoms with Crippen LogP contribution in [0.4, 0.5) is 0 Å². The van der Waals surface area contributed by atoms with E-state index in [9.17, 15) is 0 Å². The molecule has 0 N–H and O–H groups in total. The Hall–Kier alpha value is -0.920. The molecule has 0 spiro atoms. The predicted molar refractivity (Wildman–Crippen MR) is 77.7 cm³/mol. The van der Waals surface area contributed by atoms with Crippen molar-refractivity contribution in [2.45, 2.75) is 77.6 Å². The average molecular weight is 248 g/mol. The first-order valence-corrected chi connectivity index (χ1v) is 7.50. The third-order valence-electron chi connectivity index (χ3n) is 3.77. The molecule has 0 atom stereocenters. The van der Waals surface area contributed by atoms with Gasteiger partial charge in [0.1, 0.15) is 5.82 Å². The molecule has 0 aliphatic carbocycles. The molecule has 1 rings (SSSR count). The van der Waals surface area contributed by atoms with Gasteiger partial charge >= 0.3 is 0 Å². The van der Waals surface area contributed by atoms with Gasteiger partial charge in [0.2, 0.25) is 0 Å². The SMILES string of the molecule is CCCCCC(C)(CCCCC)c1ncccn1. The lowest BCUT2D eigenvalue weighted by atomic mass is 9.79. The molecule has 0 aromatic carbocycles. The fraction of sp³-hybridized carbons (Fsp3) is 0.750. The number of nitrogens with zero attached hydrogens (tertiary/aromatic N) is 2. The molecule has 0 radical (unpaired) electrons. The second-order valence-corrected chi connectivity index (χ2v) is 5.55. The van der Waals surface area contributed by atoms with Gasteiger partial charge in [-0.05, 0) is 18.9 Å². The highest BCUT2D eigenvalue weighted by molar-refractivity contribution is 5.05. The summed E-state index contributed by atoms with van der Waals surface area (Å²) < 4.78 is 0. The molecule has 0 aliphatic heterocycles. The van der Waals surface area contributed by atoms with Crippen molar-refractivity contribution in [2.24, 2.45) is 0 Å². The summed E-state index contributed by atoms with van der Waals surface area (Å²) >= 11 is 0. The van der Waals surface area contributed by atoms with Crippen LogP contribution >= 0.6 is 0 Å². The minimum absolute atomic E-state index is 0.172. The molecule has 18 heavy (non-hydrogen) atoms. The summed E-state index contributed by atoms with van der Waals surface area (Å²) in [7, 11) is 0. The van der Waals surface area contributed by atoms with Crippen LogP contribution in [0, 0.1) is 0 Å². The van der Waals surface area contributed by atoms with E-state index in [-0.39, 0.29) is 5.41 Å². The van der Waals surface area contributed by atoms with E-state index >= 15 is 0 Å². The highest BCUT2D eigenvalue weighted by Crippen LogP contribution is 2.32. The van der Waals surface area contributed by atoms with Crippen LogP contribution in [0.25, 0.3) is 0 Å². The Morgan fingerprint density at radius 1 is 0.889 bits per heavy atom. The van der Waals surface area contributed by atoms with Crippen molar-refractivity contribution in [2.75, 3.05) is 0 Å². The van der Waals surface area contributed by atoms with Gasteiger partial charge in [-0.25, -0.2) is 9.97 Å². The number of hydrogen-bond donors (Lipinski definition) is 0. The predicted octanol–water partition coefficient (Wildman–Crippen LogP) is 4.89. The molecule has 0 unspecified atom stereocenters. The third kappa shape index (κ3) is 4.75. The summed E-state index contributed by atoms with van der Waals surface area (Å²) in [4.78, 5) is 8.99. The lowest BCUT2D eigenvalue weighted by Crippen LogP contribution is -2.25. The van der Waals surface area contributed by atoms with Gasteiger partial charge < -0.3 is 0 Å². The van der Waals surface area contributed by atoms with E-state index in [4.69, 9.17) is 0 Å². The molecule has 0 fully saturated rings. The molecule has 2 nitrogen and oxygen atoms in total. The summed E-state index contributed by atoms with van der Waals surface area (Å²) in [5.74, 6) is 1.04. The molecule has 0 saturated carbocycles. The van der Waals surface area contributed by atoms with Crippen molar-refractivity contribution in [1.82, 2.24) is 9.97 Å². The summed E-state index contributed by atoms with van der Waals surface area (Å²) in [6, 6.07) is 1.90. The van der Waals surface area contributed by atoms with Gasteiger partial charge in [-0.3, -0.25) is 0 Å². The standard InChI is InChI=1S/C16H28N2/c1-4-6-8-11-16(3,12-9-7-5-2)15-17-13-10-14-18-15/h10,13-14H,4-9,11-12H2,1-3H3. The molecule has 102 valence electrons. The van der Waals surface area contributed by atoms with E-state index in [0.29, 0.717) is 0 Å². The molecule has 1 heterocycles. The number of hydrogen-bond acceptors (Lipinski definition) is 2. The average Bonchev–Trinajstić information content (AvgIpc) is 2.40. The van der Waals surface area contributed by atoms with Crippen LogP contribution in [0.15, 0.2) is 18.5 Å². The first-order valence-electron chi connectivity index (χ1n) is 7.50. The number of rotatable bonds is 9. The molecule has 0 bridgehead atoms. The topological polar surface area (TPSA) is 25.8 Å². The molecular formula is C16H28N2. The third-order valence-corrected chi connectivity index (χ3v) is 3.77. The Bertz CT molecular complexity index is 298. The fourth-order valence-electron chi connectivity index (χ4n) is 2.49. The van der Waals surface area contributed by atoms with Gasteiger partial charge in [-0.1, -0.05) is 59.3 Å². The Morgan fingerprint density at radius 3 is 1.83 bits per heavy atom. The monoisotopic (exact) mass is 248 g/mol. The normalized spacial score (nSPS) is 11.7. The van der Waals surface area contributed by atoms with Crippen LogP contribution in [-0.2, 0) is 5.41 Å². The maximum absolute atomic E-state index is 4.50. The van der Waals surface area contributed by atoms with E-state index in [0.717, 1.165) is 5.82 Å². The maximum atomic E-state index is 4.50. The van der Waals surface area contributed by atoms with Crippen molar-refractivity contribution < 1.29 is 0 Å². The molecule has 0 aliphatic rings. The summed E-state index contributed by atoms with van der Waals surface area (Å²) in [5.41, 5.74) is 0.172. The van der Waals surface area contributed by atoms with E-state index in [2.05, 4.69) is 30.7 Å². The van der Waals surface area contributed by atoms with E-state index in [1.54, 1.807) is 0 Å². The van der Waals surface area contributed by atoms with Crippen LogP contribution in [0.1, 0.15) is 78.0 Å². The zero-order chi connectivity index (χ0) is 13.3. The van der Waals surface area contributed by atoms with Gasteiger partial charge in [0.15, 0.2) is 0 Å². The van der Waals surface area contributed by atoms with Crippen molar-refractivity contribution >= 4 is 0 Å². The summed E-state index contributed by atoms with van der Waals surface area (Å²) in [6.45, 7) is 6.86. The minimum Gasteiger partial charge on any atom is -0.241 e. The lowest BCUT2D eigenvalue weighted by Gasteiger charge is -2.28. The zero-order valence-corrected chi connectivity index (χ0v) is 12.3. The second kappa shape index (κ2) is 8.23. The van der Waals surface area contributed by atoms with Gasteiger partial charge in [-0.2, -0.15) is 0 Å². The van der Waals surface area contributed by atoms with E-state index < -0.39 is 0 Å². The largest absolute Gasteiger partial charge is 0.241 e. The summed E-state index contributed by atoms with van der Waals surface area (Å²) in [5, 5.41) is 0. The Balaban J connectivity index is 2.67. The van der Waals surface area contributed by atoms with Crippen molar-refractivity contribution in [3.8, 4) is 0 Å². The Kier molecular flexibility index (Phi) is 6.92. The van der Waals surface area contributed by atoms with Crippen LogP contribution < -0.4 is 0 Å². The van der Waals surface area contributed by atoms with E-state index in [1.165, 1.54) is 51.4 Å². The highest BCUT2D eigenvalue weighted by Gasteiger charge is 2.28.